The highest BCUT2D eigenvalue weighted by Crippen LogP contribution is 2.52. The molecule has 4 aromatic heterocycles. The average molecular weight is 1700 g/mol. The second-order valence-electron chi connectivity index (χ2n) is 24.3. The number of nitro groups is 2. The van der Waals surface area contributed by atoms with E-state index in [1.165, 1.54) is 71.0 Å². The summed E-state index contributed by atoms with van der Waals surface area (Å²) in [5.74, 6) is 15.5. The fraction of sp³-hybridized carbons (Fsp3) is 0.403. The Labute approximate surface area is 634 Å². The number of aliphatic hydroxyl groups is 1. The van der Waals surface area contributed by atoms with Crippen molar-refractivity contribution >= 4 is 117 Å². The number of carbonyl (C=O) groups is 5. The summed E-state index contributed by atoms with van der Waals surface area (Å²) in [5, 5.41) is 44.6. The number of ether oxygens (including phenoxy) is 4. The normalized spacial score (nSPS) is 24.2. The predicted octanol–water partition coefficient (Wildman–Crippen LogP) is 1.18. The number of nitro benzene ring substituents is 2. The number of carbonyl (C=O) groups excluding carboxylic acids is 5. The summed E-state index contributed by atoms with van der Waals surface area (Å²) >= 11 is 2.37. The van der Waals surface area contributed by atoms with E-state index in [9.17, 15) is 87.4 Å². The number of benzene rings is 2. The molecule has 15 atom stereocenters. The number of anilines is 1. The number of halogens is 1. The van der Waals surface area contributed by atoms with Gasteiger partial charge >= 0.3 is 27.0 Å². The fourth-order valence-electron chi connectivity index (χ4n) is 11.9. The molecule has 2 aromatic carbocycles. The van der Waals surface area contributed by atoms with Crippen molar-refractivity contribution in [3.8, 4) is 35.5 Å². The lowest BCUT2D eigenvalue weighted by molar-refractivity contribution is -0.386. The number of nitrogens with zero attached hydrogens (tertiary/aromatic N) is 7. The molecule has 6 unspecified atom stereocenters. The second-order valence-corrected chi connectivity index (χ2v) is 29.7. The van der Waals surface area contributed by atoms with Gasteiger partial charge in [0.05, 0.1) is 84.1 Å². The maximum Gasteiger partial charge on any atom is 0.472 e. The molecule has 576 valence electrons. The van der Waals surface area contributed by atoms with Crippen molar-refractivity contribution in [3.05, 3.63) is 162 Å². The summed E-state index contributed by atoms with van der Waals surface area (Å²) in [6.45, 7) is 0.0759. The first-order valence-corrected chi connectivity index (χ1v) is 37.8. The summed E-state index contributed by atoms with van der Waals surface area (Å²) in [6, 6.07) is 6.38. The first-order valence-electron chi connectivity index (χ1n) is 32.3. The maximum atomic E-state index is 14.2. The van der Waals surface area contributed by atoms with E-state index in [1.54, 1.807) is 6.92 Å². The van der Waals surface area contributed by atoms with Gasteiger partial charge in [-0.15, -0.1) is 0 Å². The standard InChI is InChI=1S/C62H62IN15O27P2S2/c1-29(71-38-20-67-61(87)108-57(38)83)36-11-7-31(14-39(36)77(89)90)5-9-33-22-74(54-52(33)53(65)69-28-70-54)49-16-41(79)45(101-49)26-98-106(93,94)105-43-18-51(76-24-35(56(82)73-60(76)86)10-6-32-8-12-37(40(15-32)78(91)92)30(2)100-44-21-68-62(88)109-58(44)84)103-47(43)27-99-107(95,96)104-42-17-50(102-46(42)25-97-63)75-23-34(55(81)72-59(75)85)4-3-13-66-48(80)19-64/h7-8,11-12,14-15,22-24,28-30,38,41-47,49-51,71,79H,13,16-21,25-27,64H2,1-2H3,(H,66,80)(H,67,87)(H,68,88)(H,93,94)(H,95,96)(H2,65,69,70)(H,72,81,85)(H,73,82,86)/t29?,30?,38?,41-,42-,43-,44?,45+,46+,47+,49+,50+,51+/m0/s1. The number of rotatable bonds is 25. The minimum Gasteiger partial charge on any atom is -0.390 e. The summed E-state index contributed by atoms with van der Waals surface area (Å²) in [7, 11) is -10.8. The number of phosphoric ester groups is 2. The number of H-pyrrole nitrogens is 2. The molecule has 9 heterocycles. The molecular formula is C62H62IN15O27P2S2. The van der Waals surface area contributed by atoms with Gasteiger partial charge in [-0.1, -0.05) is 35.5 Å². The summed E-state index contributed by atoms with van der Waals surface area (Å²) in [6.07, 6.45) is -11.8. The van der Waals surface area contributed by atoms with Crippen LogP contribution in [0.4, 0.5) is 26.8 Å². The van der Waals surface area contributed by atoms with Gasteiger partial charge < -0.3 is 68.9 Å². The molecule has 0 spiro atoms. The molecule has 6 aromatic rings. The third kappa shape index (κ3) is 19.7. The highest BCUT2D eigenvalue weighted by Gasteiger charge is 2.47. The number of hydrogen-bond donors (Lipinski definition) is 11. The lowest BCUT2D eigenvalue weighted by Gasteiger charge is -2.25. The number of aromatic nitrogens is 7. The van der Waals surface area contributed by atoms with E-state index in [0.29, 0.717) is 23.5 Å². The molecule has 0 saturated carbocycles. The molecule has 3 amide bonds. The van der Waals surface area contributed by atoms with Crippen LogP contribution in [0.1, 0.15) is 103 Å². The number of aliphatic hydroxyl groups excluding tert-OH is 1. The van der Waals surface area contributed by atoms with Gasteiger partial charge in [0.25, 0.3) is 33.0 Å². The van der Waals surface area contributed by atoms with Crippen molar-refractivity contribution in [1.29, 1.82) is 0 Å². The van der Waals surface area contributed by atoms with Crippen LogP contribution in [0, 0.1) is 55.8 Å². The van der Waals surface area contributed by atoms with E-state index < -0.39 is 185 Å². The van der Waals surface area contributed by atoms with Crippen molar-refractivity contribution in [1.82, 2.24) is 54.9 Å². The van der Waals surface area contributed by atoms with Gasteiger partial charge in [-0.2, -0.15) is 0 Å². The molecule has 5 aliphatic heterocycles. The Kier molecular flexibility index (Phi) is 25.8. The molecule has 0 aliphatic carbocycles. The second kappa shape index (κ2) is 34.8. The van der Waals surface area contributed by atoms with Crippen molar-refractivity contribution < 1.29 is 98.0 Å². The van der Waals surface area contributed by atoms with E-state index in [4.69, 9.17) is 51.6 Å². The van der Waals surface area contributed by atoms with E-state index >= 15 is 0 Å². The largest absolute Gasteiger partial charge is 0.472 e. The van der Waals surface area contributed by atoms with Crippen LogP contribution in [0.15, 0.2) is 80.5 Å². The Morgan fingerprint density at radius 3 is 1.83 bits per heavy atom. The Morgan fingerprint density at radius 2 is 1.25 bits per heavy atom. The molecule has 11 rings (SSSR count). The molecule has 0 bridgehead atoms. The van der Waals surface area contributed by atoms with Gasteiger partial charge in [0.1, 0.15) is 107 Å². The molecule has 5 fully saturated rings. The Morgan fingerprint density at radius 1 is 0.725 bits per heavy atom. The van der Waals surface area contributed by atoms with Crippen LogP contribution in [0.25, 0.3) is 11.0 Å². The van der Waals surface area contributed by atoms with E-state index in [2.05, 4.69) is 76.7 Å². The van der Waals surface area contributed by atoms with E-state index in [-0.39, 0.29) is 102 Å². The topological polar surface area (TPSA) is 590 Å². The third-order valence-corrected chi connectivity index (χ3v) is 21.1. The van der Waals surface area contributed by atoms with Gasteiger partial charge in [-0.3, -0.25) is 96.3 Å². The van der Waals surface area contributed by atoms with Gasteiger partial charge in [-0.25, -0.2) is 28.7 Å². The number of phosphoric acid groups is 2. The van der Waals surface area contributed by atoms with Gasteiger partial charge in [0.15, 0.2) is 0 Å². The minimum absolute atomic E-state index is 0.0182. The Balaban J connectivity index is 0.812. The van der Waals surface area contributed by atoms with Crippen molar-refractivity contribution in [2.24, 2.45) is 5.73 Å². The first kappa shape index (κ1) is 80.8. The molecule has 42 nitrogen and oxygen atoms in total. The van der Waals surface area contributed by atoms with Crippen LogP contribution in [0.2, 0.25) is 0 Å². The lowest BCUT2D eigenvalue weighted by Crippen LogP contribution is -2.49. The molecule has 5 saturated heterocycles. The van der Waals surface area contributed by atoms with Crippen LogP contribution in [0.3, 0.4) is 0 Å². The van der Waals surface area contributed by atoms with E-state index in [1.807, 2.05) is 0 Å². The molecule has 5 aliphatic rings. The summed E-state index contributed by atoms with van der Waals surface area (Å²) in [5.41, 5.74) is 6.77. The van der Waals surface area contributed by atoms with Gasteiger partial charge in [0, 0.05) is 103 Å². The maximum absolute atomic E-state index is 14.2. The van der Waals surface area contributed by atoms with Crippen molar-refractivity contribution in [3.63, 3.8) is 0 Å². The Bertz CT molecular complexity index is 5200. The molecule has 47 heteroatoms. The number of nitrogens with two attached hydrogens (primary N) is 2. The number of fused-ring (bicyclic) bond motifs is 1. The Hall–Kier alpha value is -9.22. The third-order valence-electron chi connectivity index (χ3n) is 17.1. The number of amides is 3. The molecule has 13 N–H and O–H groups in total. The zero-order chi connectivity index (χ0) is 78.3. The summed E-state index contributed by atoms with van der Waals surface area (Å²) in [4.78, 5) is 172. The quantitative estimate of drug-likeness (QED) is 0.0126. The molecular weight excluding hydrogens is 1640 g/mol. The molecule has 109 heavy (non-hydrogen) atoms. The average Bonchev–Trinajstić information content (AvgIpc) is 1.60. The van der Waals surface area contributed by atoms with Crippen LogP contribution in [-0.2, 0) is 63.6 Å². The monoisotopic (exact) mass is 1700 g/mol. The van der Waals surface area contributed by atoms with Crippen LogP contribution in [0.5, 0.6) is 0 Å². The first-order chi connectivity index (χ1) is 51.8. The van der Waals surface area contributed by atoms with Gasteiger partial charge in [0.2, 0.25) is 16.1 Å². The van der Waals surface area contributed by atoms with Crippen LogP contribution >= 0.6 is 62.2 Å². The zero-order valence-corrected chi connectivity index (χ0v) is 61.9. The number of aromatic amines is 2. The molecule has 0 radical (unpaired) electrons. The minimum atomic E-state index is -5.44. The number of thioether (sulfide) groups is 2. The highest BCUT2D eigenvalue weighted by molar-refractivity contribution is 14.1. The summed E-state index contributed by atoms with van der Waals surface area (Å²) < 4.78 is 82.7. The van der Waals surface area contributed by atoms with Crippen molar-refractivity contribution in [2.75, 3.05) is 51.7 Å². The number of hydrogen-bond acceptors (Lipinski definition) is 32. The highest BCUT2D eigenvalue weighted by atomic mass is 127. The van der Waals surface area contributed by atoms with Crippen molar-refractivity contribution in [2.45, 2.75) is 113 Å². The zero-order valence-electron chi connectivity index (χ0n) is 56.4. The lowest BCUT2D eigenvalue weighted by atomic mass is 10.0. The number of nitrogens with one attached hydrogen (secondary N) is 6. The van der Waals surface area contributed by atoms with E-state index in [0.717, 1.165) is 33.9 Å². The van der Waals surface area contributed by atoms with Crippen LogP contribution in [-0.4, -0.2) is 180 Å². The SMILES string of the molecule is CC(NC1CNC(=O)SC1=O)c1ccc(C#Cc2cn([C@H]3C[C@H](O)[C@@H](COP(=O)(O)O[C@H]4C[C@H](n5cc(C#Cc6ccc(C(C)OC7CNC(=O)SC7=O)c([N+](=O)[O-])c6)c(=O)[nH]c5=O)O[C@@H]4COP(=O)(O)O[C@H]4C[C@H](n5cc(C#CCNC(=O)CN)c(=O)[nH]c5=O)O[C@@H]4COI)O3)c3ncnc(N)c23)cc1[N+](=O)[O-]. The predicted molar refractivity (Wildman–Crippen MR) is 385 cm³/mol. The fourth-order valence-corrected chi connectivity index (χ4v) is 15.4. The van der Waals surface area contributed by atoms with Crippen LogP contribution < -0.4 is 55.2 Å². The smallest absolute Gasteiger partial charge is 0.390 e. The van der Waals surface area contributed by atoms with Gasteiger partial charge in [-0.05, 0) is 38.1 Å². The number of nitrogen functional groups attached to an aromatic ring is 1.